The van der Waals surface area contributed by atoms with E-state index in [4.69, 9.17) is 4.18 Å². The molecule has 0 saturated heterocycles. The Balaban J connectivity index is 1.70. The lowest BCUT2D eigenvalue weighted by atomic mass is 10.1. The second-order valence-electron chi connectivity index (χ2n) is 3.74. The van der Waals surface area contributed by atoms with Crippen molar-refractivity contribution < 1.29 is 4.18 Å². The summed E-state index contributed by atoms with van der Waals surface area (Å²) in [6.07, 6.45) is 8.29. The predicted molar refractivity (Wildman–Crippen MR) is 65.6 cm³/mol. The highest BCUT2D eigenvalue weighted by atomic mass is 32.2. The maximum absolute atomic E-state index is 5.62. The summed E-state index contributed by atoms with van der Waals surface area (Å²) in [6.45, 7) is 0.704. The number of allylic oxidation sites excluding steroid dienone is 1. The molecule has 0 fully saturated rings. The molecule has 0 radical (unpaired) electrons. The van der Waals surface area contributed by atoms with Gasteiger partial charge in [0.15, 0.2) is 0 Å². The summed E-state index contributed by atoms with van der Waals surface area (Å²) in [4.78, 5) is 0. The minimum Gasteiger partial charge on any atom is -0.310 e. The van der Waals surface area contributed by atoms with Crippen LogP contribution < -0.4 is 0 Å². The molecule has 0 amide bonds. The first-order valence-corrected chi connectivity index (χ1v) is 6.24. The molecular weight excluding hydrogens is 204 g/mol. The van der Waals surface area contributed by atoms with Crippen molar-refractivity contribution >= 4 is 12.0 Å². The first-order chi connectivity index (χ1) is 7.45. The highest BCUT2D eigenvalue weighted by Crippen LogP contribution is 2.24. The van der Waals surface area contributed by atoms with E-state index in [1.807, 2.05) is 18.2 Å². The van der Waals surface area contributed by atoms with Gasteiger partial charge in [0.1, 0.15) is 0 Å². The van der Waals surface area contributed by atoms with Crippen molar-refractivity contribution in [2.24, 2.45) is 0 Å². The predicted octanol–water partition coefficient (Wildman–Crippen LogP) is 3.96. The molecular formula is C13H16OS. The van der Waals surface area contributed by atoms with Crippen molar-refractivity contribution in [1.29, 1.82) is 0 Å². The number of rotatable bonds is 4. The van der Waals surface area contributed by atoms with Crippen molar-refractivity contribution in [2.75, 3.05) is 0 Å². The molecule has 15 heavy (non-hydrogen) atoms. The van der Waals surface area contributed by atoms with Gasteiger partial charge in [-0.05, 0) is 36.9 Å². The van der Waals surface area contributed by atoms with Crippen LogP contribution in [0, 0.1) is 0 Å². The Hall–Kier alpha value is -0.730. The molecule has 0 saturated carbocycles. The highest BCUT2D eigenvalue weighted by Gasteiger charge is 2.09. The molecule has 2 rings (SSSR count). The molecule has 1 aromatic carbocycles. The number of hydrogen-bond acceptors (Lipinski definition) is 2. The van der Waals surface area contributed by atoms with Gasteiger partial charge in [-0.3, -0.25) is 0 Å². The molecule has 1 unspecified atom stereocenters. The Kier molecular flexibility index (Phi) is 4.30. The average molecular weight is 220 g/mol. The van der Waals surface area contributed by atoms with Gasteiger partial charge in [-0.25, -0.2) is 0 Å². The van der Waals surface area contributed by atoms with Gasteiger partial charge < -0.3 is 4.18 Å². The molecule has 1 aliphatic rings. The van der Waals surface area contributed by atoms with Crippen LogP contribution in [0.25, 0.3) is 0 Å². The topological polar surface area (TPSA) is 9.23 Å². The number of benzene rings is 1. The van der Waals surface area contributed by atoms with Gasteiger partial charge in [0, 0.05) is 5.25 Å². The molecule has 1 nitrogen and oxygen atoms in total. The summed E-state index contributed by atoms with van der Waals surface area (Å²) in [5.74, 6) is 0. The molecule has 1 aromatic rings. The van der Waals surface area contributed by atoms with Gasteiger partial charge in [0.25, 0.3) is 0 Å². The zero-order valence-corrected chi connectivity index (χ0v) is 9.58. The quantitative estimate of drug-likeness (QED) is 0.561. The molecule has 0 aromatic heterocycles. The van der Waals surface area contributed by atoms with Gasteiger partial charge >= 0.3 is 0 Å². The molecule has 1 aliphatic carbocycles. The fraction of sp³-hybridized carbons (Fsp3) is 0.385. The van der Waals surface area contributed by atoms with E-state index in [1.165, 1.54) is 24.8 Å². The Bertz CT molecular complexity index is 308. The summed E-state index contributed by atoms with van der Waals surface area (Å²) in [7, 11) is 0. The van der Waals surface area contributed by atoms with E-state index < -0.39 is 0 Å². The third-order valence-corrected chi connectivity index (χ3v) is 3.36. The lowest BCUT2D eigenvalue weighted by Crippen LogP contribution is -2.03. The van der Waals surface area contributed by atoms with Crippen molar-refractivity contribution in [3.8, 4) is 0 Å². The third kappa shape index (κ3) is 3.73. The second kappa shape index (κ2) is 5.99. The van der Waals surface area contributed by atoms with Crippen molar-refractivity contribution in [3.63, 3.8) is 0 Å². The zero-order valence-electron chi connectivity index (χ0n) is 8.76. The van der Waals surface area contributed by atoms with Gasteiger partial charge in [0.2, 0.25) is 0 Å². The Labute approximate surface area is 95.7 Å². The Morgan fingerprint density at radius 1 is 1.27 bits per heavy atom. The largest absolute Gasteiger partial charge is 0.310 e. The van der Waals surface area contributed by atoms with Crippen molar-refractivity contribution in [1.82, 2.24) is 0 Å². The molecule has 1 atom stereocenters. The van der Waals surface area contributed by atoms with Crippen LogP contribution in [0.2, 0.25) is 0 Å². The van der Waals surface area contributed by atoms with Crippen LogP contribution in [0.1, 0.15) is 24.8 Å². The van der Waals surface area contributed by atoms with Gasteiger partial charge in [-0.1, -0.05) is 42.5 Å². The van der Waals surface area contributed by atoms with E-state index in [1.54, 1.807) is 12.0 Å². The van der Waals surface area contributed by atoms with E-state index in [-0.39, 0.29) is 0 Å². The molecule has 0 bridgehead atoms. The van der Waals surface area contributed by atoms with Crippen LogP contribution in [0.5, 0.6) is 0 Å². The molecule has 0 N–H and O–H groups in total. The molecule has 0 aliphatic heterocycles. The van der Waals surface area contributed by atoms with Crippen LogP contribution in [0.3, 0.4) is 0 Å². The lowest BCUT2D eigenvalue weighted by molar-refractivity contribution is 0.360. The molecule has 80 valence electrons. The summed E-state index contributed by atoms with van der Waals surface area (Å²) >= 11 is 1.61. The molecule has 0 spiro atoms. The van der Waals surface area contributed by atoms with Gasteiger partial charge in [-0.2, -0.15) is 0 Å². The summed E-state index contributed by atoms with van der Waals surface area (Å²) < 4.78 is 5.62. The van der Waals surface area contributed by atoms with E-state index in [0.29, 0.717) is 11.9 Å². The highest BCUT2D eigenvalue weighted by molar-refractivity contribution is 7.95. The average Bonchev–Trinajstić information content (AvgIpc) is 2.32. The van der Waals surface area contributed by atoms with E-state index in [2.05, 4.69) is 24.3 Å². The van der Waals surface area contributed by atoms with Crippen LogP contribution in [-0.2, 0) is 10.8 Å². The first-order valence-electron chi connectivity index (χ1n) is 5.44. The van der Waals surface area contributed by atoms with Gasteiger partial charge in [0.05, 0.1) is 6.61 Å². The SMILES string of the molecule is C1=CC(SOCc2ccccc2)CCC1. The normalized spacial score (nSPS) is 20.4. The van der Waals surface area contributed by atoms with Crippen molar-refractivity contribution in [2.45, 2.75) is 31.1 Å². The van der Waals surface area contributed by atoms with E-state index in [0.717, 1.165) is 0 Å². The Morgan fingerprint density at radius 2 is 2.13 bits per heavy atom. The van der Waals surface area contributed by atoms with Crippen LogP contribution in [0.15, 0.2) is 42.5 Å². The summed E-state index contributed by atoms with van der Waals surface area (Å²) in [5, 5.41) is 0.558. The minimum atomic E-state index is 0.558. The lowest BCUT2D eigenvalue weighted by Gasteiger charge is -2.14. The van der Waals surface area contributed by atoms with E-state index in [9.17, 15) is 0 Å². The maximum atomic E-state index is 5.62. The Morgan fingerprint density at radius 3 is 2.87 bits per heavy atom. The summed E-state index contributed by atoms with van der Waals surface area (Å²) in [6, 6.07) is 10.3. The third-order valence-electron chi connectivity index (χ3n) is 2.47. The second-order valence-corrected chi connectivity index (χ2v) is 4.78. The first kappa shape index (κ1) is 10.8. The monoisotopic (exact) mass is 220 g/mol. The molecule has 2 heteroatoms. The fourth-order valence-corrected chi connectivity index (χ4v) is 2.44. The minimum absolute atomic E-state index is 0.558. The van der Waals surface area contributed by atoms with Crippen molar-refractivity contribution in [3.05, 3.63) is 48.0 Å². The smallest absolute Gasteiger partial charge is 0.0864 e. The van der Waals surface area contributed by atoms with Crippen LogP contribution >= 0.6 is 12.0 Å². The van der Waals surface area contributed by atoms with Gasteiger partial charge in [-0.15, -0.1) is 0 Å². The van der Waals surface area contributed by atoms with Crippen LogP contribution in [0.4, 0.5) is 0 Å². The van der Waals surface area contributed by atoms with E-state index >= 15 is 0 Å². The molecule has 0 heterocycles. The summed E-state index contributed by atoms with van der Waals surface area (Å²) in [5.41, 5.74) is 1.24. The number of hydrogen-bond donors (Lipinski definition) is 0. The van der Waals surface area contributed by atoms with Crippen LogP contribution in [-0.4, -0.2) is 5.25 Å². The fourth-order valence-electron chi connectivity index (χ4n) is 1.62. The maximum Gasteiger partial charge on any atom is 0.0864 e. The zero-order chi connectivity index (χ0) is 10.3. The standard InChI is InChI=1S/C13H16OS/c1-3-7-12(8-4-1)11-14-15-13-9-5-2-6-10-13/h1,3-5,7-9,13H,2,6,10-11H2.